The molecule has 0 bridgehead atoms. The molecule has 0 spiro atoms. The molecule has 0 amide bonds. The van der Waals surface area contributed by atoms with Gasteiger partial charge >= 0.3 is 0 Å². The molecule has 9 nitrogen and oxygen atoms in total. The van der Waals surface area contributed by atoms with Crippen molar-refractivity contribution >= 4 is 23.4 Å². The van der Waals surface area contributed by atoms with Crippen LogP contribution in [-0.2, 0) is 9.47 Å². The Kier molecular flexibility index (Phi) is 9.57. The van der Waals surface area contributed by atoms with Gasteiger partial charge < -0.3 is 24.8 Å². The van der Waals surface area contributed by atoms with E-state index in [2.05, 4.69) is 15.3 Å². The van der Waals surface area contributed by atoms with Gasteiger partial charge in [0, 0.05) is 31.2 Å². The number of methoxy groups -OCH3 is 1. The number of aliphatic hydroxyl groups excluding tert-OH is 2. The maximum absolute atomic E-state index is 14.2. The molecule has 44 heavy (non-hydrogen) atoms. The minimum atomic E-state index is -2.94. The molecule has 1 saturated heterocycles. The van der Waals surface area contributed by atoms with E-state index in [1.165, 1.54) is 18.0 Å². The highest BCUT2D eigenvalue weighted by atomic mass is 35.5. The number of ether oxygens (including phenoxy) is 2. The van der Waals surface area contributed by atoms with E-state index in [0.29, 0.717) is 5.69 Å². The number of halogens is 6. The van der Waals surface area contributed by atoms with Crippen molar-refractivity contribution in [1.82, 2.24) is 20.0 Å². The molecule has 3 heterocycles. The first kappa shape index (κ1) is 33.0. The average molecular weight is 665 g/mol. The summed E-state index contributed by atoms with van der Waals surface area (Å²) in [7, 11) is 1.33. The number of thioether (sulfide) groups is 1. The largest absolute Gasteiger partial charge is 0.394 e. The lowest BCUT2D eigenvalue weighted by Gasteiger charge is -2.47. The van der Waals surface area contributed by atoms with Gasteiger partial charge in [0.05, 0.1) is 34.4 Å². The van der Waals surface area contributed by atoms with Crippen LogP contribution in [0.25, 0.3) is 11.3 Å². The molecule has 2 aromatic heterocycles. The highest BCUT2D eigenvalue weighted by Crippen LogP contribution is 2.53. The van der Waals surface area contributed by atoms with Crippen molar-refractivity contribution in [2.24, 2.45) is 0 Å². The van der Waals surface area contributed by atoms with E-state index in [0.717, 1.165) is 23.9 Å². The zero-order chi connectivity index (χ0) is 32.0. The summed E-state index contributed by atoms with van der Waals surface area (Å²) in [6.07, 6.45) is -4.08. The molecule has 5 unspecified atom stereocenters. The Morgan fingerprint density at radius 2 is 1.82 bits per heavy atom. The molecule has 3 N–H and O–H groups in total. The Hall–Kier alpha value is -2.40. The topological polar surface area (TPSA) is 123 Å². The van der Waals surface area contributed by atoms with E-state index in [9.17, 15) is 37.3 Å². The second kappa shape index (κ2) is 12.8. The monoisotopic (exact) mass is 664 g/mol. The van der Waals surface area contributed by atoms with Crippen LogP contribution in [0, 0.1) is 24.4 Å². The van der Waals surface area contributed by atoms with Crippen molar-refractivity contribution in [2.45, 2.75) is 79.2 Å². The fourth-order valence-corrected chi connectivity index (χ4v) is 7.59. The fourth-order valence-electron chi connectivity index (χ4n) is 5.62. The molecular formula is C28H30ClF5N4O5S. The van der Waals surface area contributed by atoms with Gasteiger partial charge in [0.2, 0.25) is 5.92 Å². The third kappa shape index (κ3) is 6.46. The van der Waals surface area contributed by atoms with Crippen LogP contribution in [0.3, 0.4) is 0 Å². The summed E-state index contributed by atoms with van der Waals surface area (Å²) in [6.45, 7) is 1.07. The molecule has 2 aliphatic rings. The smallest absolute Gasteiger partial charge is 0.248 e. The minimum absolute atomic E-state index is 0.0489. The first-order chi connectivity index (χ1) is 20.8. The van der Waals surface area contributed by atoms with Crippen molar-refractivity contribution in [1.29, 1.82) is 0 Å². The van der Waals surface area contributed by atoms with Crippen LogP contribution in [0.1, 0.15) is 48.4 Å². The average Bonchev–Trinajstić information content (AvgIpc) is 3.47. The fraction of sp³-hybridized carbons (Fsp3) is 0.536. The predicted molar refractivity (Wildman–Crippen MR) is 150 cm³/mol. The highest BCUT2D eigenvalue weighted by Gasteiger charge is 2.53. The molecule has 2 fully saturated rings. The van der Waals surface area contributed by atoms with Crippen molar-refractivity contribution in [3.8, 4) is 11.3 Å². The second-order valence-electron chi connectivity index (χ2n) is 11.0. The number of aryl methyl sites for hydroxylation is 1. The number of hydrogen-bond donors (Lipinski definition) is 3. The summed E-state index contributed by atoms with van der Waals surface area (Å²) < 4.78 is 82.6. The molecule has 3 aromatic rings. The van der Waals surface area contributed by atoms with Gasteiger partial charge in [-0.25, -0.2) is 26.6 Å². The van der Waals surface area contributed by atoms with Gasteiger partial charge in [-0.3, -0.25) is 4.98 Å². The van der Waals surface area contributed by atoms with Gasteiger partial charge in [-0.05, 0) is 44.0 Å². The van der Waals surface area contributed by atoms with Crippen molar-refractivity contribution in [3.63, 3.8) is 0 Å². The Bertz CT molecular complexity index is 1470. The van der Waals surface area contributed by atoms with Gasteiger partial charge in [0.1, 0.15) is 35.5 Å². The Morgan fingerprint density at radius 1 is 1.16 bits per heavy atom. The first-order valence-corrected chi connectivity index (χ1v) is 15.0. The van der Waals surface area contributed by atoms with Gasteiger partial charge in [-0.1, -0.05) is 16.8 Å². The Labute approximate surface area is 258 Å². The third-order valence-corrected chi connectivity index (χ3v) is 9.96. The molecule has 1 aliphatic heterocycles. The standard InChI is InChI=1S/C28H30ClF5N4O5S/c1-13-3-4-15(29)21(35-13)25(27(41)5-7-28(33,34)8-6-27)44-26-24(42-2)22(23(40)19(12-39)43-26)38-11-18(36-37-38)14-9-16(30)20(32)17(31)10-14/h3-4,9-11,19,22-26,39-41H,5-8,12H2,1-2H3/t19?,22?,23?,24?,25-,26?/m1/s1. The highest BCUT2D eigenvalue weighted by molar-refractivity contribution is 8.00. The van der Waals surface area contributed by atoms with Crippen LogP contribution in [0.2, 0.25) is 5.02 Å². The molecule has 16 heteroatoms. The van der Waals surface area contributed by atoms with Crippen LogP contribution < -0.4 is 0 Å². The molecule has 1 saturated carbocycles. The summed E-state index contributed by atoms with van der Waals surface area (Å²) in [5, 5.41) is 40.2. The summed E-state index contributed by atoms with van der Waals surface area (Å²) >= 11 is 7.52. The van der Waals surface area contributed by atoms with Gasteiger partial charge in [-0.2, -0.15) is 0 Å². The molecule has 1 aliphatic carbocycles. The number of rotatable bonds is 8. The molecule has 5 rings (SSSR count). The van der Waals surface area contributed by atoms with E-state index in [4.69, 9.17) is 21.1 Å². The van der Waals surface area contributed by atoms with E-state index in [1.807, 2.05) is 0 Å². The summed E-state index contributed by atoms with van der Waals surface area (Å²) in [6, 6.07) is 3.63. The number of benzene rings is 1. The number of nitrogens with zero attached hydrogens (tertiary/aromatic N) is 4. The minimum Gasteiger partial charge on any atom is -0.394 e. The number of hydrogen-bond acceptors (Lipinski definition) is 9. The van der Waals surface area contributed by atoms with Crippen molar-refractivity contribution in [3.05, 3.63) is 64.3 Å². The van der Waals surface area contributed by atoms with E-state index in [1.54, 1.807) is 19.1 Å². The lowest BCUT2D eigenvalue weighted by Crippen LogP contribution is -2.56. The molecular weight excluding hydrogens is 635 g/mol. The van der Waals surface area contributed by atoms with Gasteiger partial charge in [0.15, 0.2) is 17.5 Å². The number of pyridine rings is 1. The summed E-state index contributed by atoms with van der Waals surface area (Å²) in [5.74, 6) is -7.45. The lowest BCUT2D eigenvalue weighted by atomic mass is 9.79. The SMILES string of the molecule is COC1C(S[C@H](c2nc(C)ccc2Cl)C2(O)CCC(F)(F)CC2)OC(CO)C(O)C1n1cc(-c2cc(F)c(F)c(F)c2)nn1. The lowest BCUT2D eigenvalue weighted by molar-refractivity contribution is -0.186. The number of alkyl halides is 2. The van der Waals surface area contributed by atoms with Gasteiger partial charge in [-0.15, -0.1) is 16.9 Å². The first-order valence-electron chi connectivity index (χ1n) is 13.7. The molecule has 6 atom stereocenters. The molecule has 0 radical (unpaired) electrons. The maximum Gasteiger partial charge on any atom is 0.248 e. The van der Waals surface area contributed by atoms with Crippen molar-refractivity contribution < 1.29 is 46.7 Å². The van der Waals surface area contributed by atoms with Crippen LogP contribution in [0.5, 0.6) is 0 Å². The van der Waals surface area contributed by atoms with Gasteiger partial charge in [0.25, 0.3) is 0 Å². The van der Waals surface area contributed by atoms with Crippen molar-refractivity contribution in [2.75, 3.05) is 13.7 Å². The zero-order valence-corrected chi connectivity index (χ0v) is 25.1. The second-order valence-corrected chi connectivity index (χ2v) is 12.7. The van der Waals surface area contributed by atoms with Crippen LogP contribution >= 0.6 is 23.4 Å². The third-order valence-electron chi connectivity index (χ3n) is 8.06. The Morgan fingerprint density at radius 3 is 2.43 bits per heavy atom. The number of aromatic nitrogens is 4. The van der Waals surface area contributed by atoms with E-state index < -0.39 is 83.5 Å². The summed E-state index contributed by atoms with van der Waals surface area (Å²) in [4.78, 5) is 4.52. The van der Waals surface area contributed by atoms with E-state index in [-0.39, 0.29) is 34.8 Å². The summed E-state index contributed by atoms with van der Waals surface area (Å²) in [5.41, 5.74) is -2.10. The van der Waals surface area contributed by atoms with Crippen LogP contribution in [-0.4, -0.2) is 84.3 Å². The molecule has 1 aromatic carbocycles. The van der Waals surface area contributed by atoms with Crippen LogP contribution in [0.4, 0.5) is 22.0 Å². The zero-order valence-electron chi connectivity index (χ0n) is 23.5. The molecule has 240 valence electrons. The van der Waals surface area contributed by atoms with E-state index >= 15 is 0 Å². The quantitative estimate of drug-likeness (QED) is 0.231. The maximum atomic E-state index is 14.2. The van der Waals surface area contributed by atoms with Crippen LogP contribution in [0.15, 0.2) is 30.5 Å². The Balaban J connectivity index is 1.52. The number of aliphatic hydroxyl groups is 3. The predicted octanol–water partition coefficient (Wildman–Crippen LogP) is 4.77. The normalized spacial score (nSPS) is 27.3.